The first-order chi connectivity index (χ1) is 11.8. The van der Waals surface area contributed by atoms with Crippen LogP contribution in [0.15, 0.2) is 47.4 Å². The largest absolute Gasteiger partial charge is 0.497 e. The van der Waals surface area contributed by atoms with Crippen LogP contribution in [0.25, 0.3) is 0 Å². The standard InChI is InChI=1S/C19H23NO4S/c1-19(2,12-21)13-25-18-9-6-16(20(22)23)11-15(18)10-14-4-7-17(24-3)8-5-14/h4-9,11,21H,10,12-13H2,1-3H3. The van der Waals surface area contributed by atoms with Crippen molar-refractivity contribution in [1.29, 1.82) is 0 Å². The van der Waals surface area contributed by atoms with Gasteiger partial charge in [-0.3, -0.25) is 10.1 Å². The topological polar surface area (TPSA) is 72.6 Å². The maximum absolute atomic E-state index is 11.1. The lowest BCUT2D eigenvalue weighted by molar-refractivity contribution is -0.385. The number of benzene rings is 2. The quantitative estimate of drug-likeness (QED) is 0.431. The van der Waals surface area contributed by atoms with Crippen molar-refractivity contribution < 1.29 is 14.8 Å². The first-order valence-electron chi connectivity index (χ1n) is 7.98. The van der Waals surface area contributed by atoms with Crippen molar-refractivity contribution in [2.45, 2.75) is 25.2 Å². The molecule has 0 bridgehead atoms. The van der Waals surface area contributed by atoms with Crippen LogP contribution < -0.4 is 4.74 Å². The zero-order valence-electron chi connectivity index (χ0n) is 14.7. The predicted octanol–water partition coefficient (Wildman–Crippen LogP) is 4.30. The van der Waals surface area contributed by atoms with E-state index < -0.39 is 0 Å². The van der Waals surface area contributed by atoms with Crippen LogP contribution in [0.5, 0.6) is 5.75 Å². The van der Waals surface area contributed by atoms with E-state index in [0.29, 0.717) is 6.42 Å². The third-order valence-electron chi connectivity index (χ3n) is 3.85. The zero-order valence-corrected chi connectivity index (χ0v) is 15.5. The molecule has 134 valence electrons. The van der Waals surface area contributed by atoms with Gasteiger partial charge in [-0.15, -0.1) is 11.8 Å². The van der Waals surface area contributed by atoms with Crippen molar-refractivity contribution in [3.8, 4) is 5.75 Å². The molecule has 0 unspecified atom stereocenters. The summed E-state index contributed by atoms with van der Waals surface area (Å²) < 4.78 is 5.16. The summed E-state index contributed by atoms with van der Waals surface area (Å²) in [6.07, 6.45) is 0.605. The van der Waals surface area contributed by atoms with Crippen LogP contribution in [0.1, 0.15) is 25.0 Å². The third kappa shape index (κ3) is 5.47. The van der Waals surface area contributed by atoms with Gasteiger partial charge < -0.3 is 9.84 Å². The van der Waals surface area contributed by atoms with E-state index in [1.807, 2.05) is 38.1 Å². The number of ether oxygens (including phenoxy) is 1. The molecule has 2 aromatic rings. The number of non-ortho nitro benzene ring substituents is 1. The van der Waals surface area contributed by atoms with Crippen molar-refractivity contribution >= 4 is 17.4 Å². The molecule has 0 fully saturated rings. The van der Waals surface area contributed by atoms with Crippen molar-refractivity contribution in [1.82, 2.24) is 0 Å². The monoisotopic (exact) mass is 361 g/mol. The van der Waals surface area contributed by atoms with Gasteiger partial charge in [-0.1, -0.05) is 26.0 Å². The number of aliphatic hydroxyl groups excluding tert-OH is 1. The molecular weight excluding hydrogens is 338 g/mol. The van der Waals surface area contributed by atoms with Crippen LogP contribution in [-0.2, 0) is 6.42 Å². The molecule has 2 aromatic carbocycles. The summed E-state index contributed by atoms with van der Waals surface area (Å²) in [5, 5.41) is 20.5. The Hall–Kier alpha value is -2.05. The van der Waals surface area contributed by atoms with Gasteiger partial charge in [0.05, 0.1) is 12.0 Å². The number of methoxy groups -OCH3 is 1. The minimum absolute atomic E-state index is 0.0919. The Bertz CT molecular complexity index is 729. The first kappa shape index (κ1) is 19.3. The Morgan fingerprint density at radius 1 is 1.20 bits per heavy atom. The summed E-state index contributed by atoms with van der Waals surface area (Å²) >= 11 is 1.62. The lowest BCUT2D eigenvalue weighted by Crippen LogP contribution is -2.19. The molecule has 6 heteroatoms. The lowest BCUT2D eigenvalue weighted by Gasteiger charge is -2.21. The molecule has 0 radical (unpaired) electrons. The highest BCUT2D eigenvalue weighted by Gasteiger charge is 2.19. The minimum Gasteiger partial charge on any atom is -0.497 e. The fourth-order valence-electron chi connectivity index (χ4n) is 2.24. The number of rotatable bonds is 8. The lowest BCUT2D eigenvalue weighted by atomic mass is 9.98. The van der Waals surface area contributed by atoms with E-state index in [1.165, 1.54) is 6.07 Å². The average molecular weight is 361 g/mol. The summed E-state index contributed by atoms with van der Waals surface area (Å²) in [4.78, 5) is 11.7. The van der Waals surface area contributed by atoms with Gasteiger partial charge in [0.25, 0.3) is 5.69 Å². The Labute approximate surface area is 152 Å². The van der Waals surface area contributed by atoms with E-state index >= 15 is 0 Å². The molecule has 0 saturated heterocycles. The molecule has 0 saturated carbocycles. The molecule has 0 heterocycles. The molecular formula is C19H23NO4S. The van der Waals surface area contributed by atoms with Gasteiger partial charge in [-0.25, -0.2) is 0 Å². The van der Waals surface area contributed by atoms with Gasteiger partial charge >= 0.3 is 0 Å². The summed E-state index contributed by atoms with van der Waals surface area (Å²) in [6.45, 7) is 4.09. The SMILES string of the molecule is COc1ccc(Cc2cc([N+](=O)[O-])ccc2SCC(C)(C)CO)cc1. The highest BCUT2D eigenvalue weighted by atomic mass is 32.2. The molecule has 2 rings (SSSR count). The number of nitro groups is 1. The van der Waals surface area contributed by atoms with Gasteiger partial charge in [0, 0.05) is 29.4 Å². The van der Waals surface area contributed by atoms with E-state index in [1.54, 1.807) is 31.0 Å². The smallest absolute Gasteiger partial charge is 0.269 e. The molecule has 5 nitrogen and oxygen atoms in total. The Kier molecular flexibility index (Phi) is 6.45. The van der Waals surface area contributed by atoms with Crippen LogP contribution in [0.4, 0.5) is 5.69 Å². The molecule has 0 aliphatic carbocycles. The number of nitro benzene ring substituents is 1. The fourth-order valence-corrected chi connectivity index (χ4v) is 3.36. The number of aliphatic hydroxyl groups is 1. The van der Waals surface area contributed by atoms with E-state index in [2.05, 4.69) is 0 Å². The number of nitrogens with zero attached hydrogens (tertiary/aromatic N) is 1. The molecule has 0 atom stereocenters. The van der Waals surface area contributed by atoms with Crippen molar-refractivity contribution in [3.05, 3.63) is 63.7 Å². The van der Waals surface area contributed by atoms with Gasteiger partial charge in [-0.2, -0.15) is 0 Å². The van der Waals surface area contributed by atoms with E-state index in [9.17, 15) is 15.2 Å². The zero-order chi connectivity index (χ0) is 18.4. The molecule has 0 aromatic heterocycles. The van der Waals surface area contributed by atoms with Gasteiger partial charge in [0.2, 0.25) is 0 Å². The molecule has 0 aliphatic rings. The molecule has 0 amide bonds. The van der Waals surface area contributed by atoms with E-state index in [-0.39, 0.29) is 22.6 Å². The van der Waals surface area contributed by atoms with E-state index in [0.717, 1.165) is 27.5 Å². The highest BCUT2D eigenvalue weighted by molar-refractivity contribution is 7.99. The van der Waals surface area contributed by atoms with Crippen LogP contribution in [0.2, 0.25) is 0 Å². The summed E-state index contributed by atoms with van der Waals surface area (Å²) in [5.41, 5.74) is 1.86. The summed E-state index contributed by atoms with van der Waals surface area (Å²) in [6, 6.07) is 12.7. The fraction of sp³-hybridized carbons (Fsp3) is 0.368. The maximum Gasteiger partial charge on any atom is 0.269 e. The second kappa shape index (κ2) is 8.36. The summed E-state index contributed by atoms with van der Waals surface area (Å²) in [5.74, 6) is 1.51. The second-order valence-corrected chi connectivity index (χ2v) is 7.70. The van der Waals surface area contributed by atoms with Crippen molar-refractivity contribution in [2.24, 2.45) is 5.41 Å². The second-order valence-electron chi connectivity index (χ2n) is 6.68. The predicted molar refractivity (Wildman–Crippen MR) is 100 cm³/mol. The van der Waals surface area contributed by atoms with Crippen LogP contribution >= 0.6 is 11.8 Å². The minimum atomic E-state index is -0.371. The van der Waals surface area contributed by atoms with Crippen molar-refractivity contribution in [3.63, 3.8) is 0 Å². The van der Waals surface area contributed by atoms with E-state index in [4.69, 9.17) is 4.74 Å². The third-order valence-corrected chi connectivity index (χ3v) is 5.49. The van der Waals surface area contributed by atoms with Crippen LogP contribution in [0, 0.1) is 15.5 Å². The van der Waals surface area contributed by atoms with Gasteiger partial charge in [-0.05, 0) is 41.2 Å². The molecule has 0 aliphatic heterocycles. The molecule has 1 N–H and O–H groups in total. The Morgan fingerprint density at radius 2 is 1.88 bits per heavy atom. The van der Waals surface area contributed by atoms with Gasteiger partial charge in [0.15, 0.2) is 0 Å². The number of hydrogen-bond donors (Lipinski definition) is 1. The number of hydrogen-bond acceptors (Lipinski definition) is 5. The summed E-state index contributed by atoms with van der Waals surface area (Å²) in [7, 11) is 1.62. The first-order valence-corrected chi connectivity index (χ1v) is 8.97. The van der Waals surface area contributed by atoms with Crippen LogP contribution in [-0.4, -0.2) is 29.5 Å². The Morgan fingerprint density at radius 3 is 2.44 bits per heavy atom. The Balaban J connectivity index is 2.27. The highest BCUT2D eigenvalue weighted by Crippen LogP contribution is 2.33. The molecule has 0 spiro atoms. The normalized spacial score (nSPS) is 11.4. The van der Waals surface area contributed by atoms with Crippen LogP contribution in [0.3, 0.4) is 0 Å². The average Bonchev–Trinajstić information content (AvgIpc) is 2.61. The van der Waals surface area contributed by atoms with Gasteiger partial charge in [0.1, 0.15) is 5.75 Å². The molecule has 25 heavy (non-hydrogen) atoms. The van der Waals surface area contributed by atoms with Crippen molar-refractivity contribution in [2.75, 3.05) is 19.5 Å². The maximum atomic E-state index is 11.1. The number of thioether (sulfide) groups is 1.